The second kappa shape index (κ2) is 14.3. The van der Waals surface area contributed by atoms with Crippen LogP contribution in [0.4, 0.5) is 16.4 Å². The van der Waals surface area contributed by atoms with Crippen LogP contribution in [0, 0.1) is 6.92 Å². The highest BCUT2D eigenvalue weighted by atomic mass is 32.2. The predicted molar refractivity (Wildman–Crippen MR) is 169 cm³/mol. The highest BCUT2D eigenvalue weighted by Crippen LogP contribution is 2.35. The standard InChI is InChI=1S/C32H29N3O5S2/c1-20-27(32(39)40-3)31(42-28(20)30(38)34-23-13-8-5-9-14-23)35-29(37)21(2)41-25-16-10-15-24(19-25)33-26(36)18-17-22-11-6-4-7-12-22/h4-19,21H,1-3H3,(H,33,36)(H,34,38)(H,35,37)/b18-17+. The molecule has 4 aromatic rings. The van der Waals surface area contributed by atoms with Gasteiger partial charge in [0.1, 0.15) is 5.00 Å². The summed E-state index contributed by atoms with van der Waals surface area (Å²) in [5.74, 6) is -1.68. The first-order valence-corrected chi connectivity index (χ1v) is 14.6. The number of hydrogen-bond acceptors (Lipinski definition) is 7. The Kier molecular flexibility index (Phi) is 10.3. The Balaban J connectivity index is 1.43. The van der Waals surface area contributed by atoms with Crippen LogP contribution < -0.4 is 16.0 Å². The molecule has 0 radical (unpaired) electrons. The van der Waals surface area contributed by atoms with E-state index in [1.807, 2.05) is 42.5 Å². The van der Waals surface area contributed by atoms with Crippen LogP contribution in [0.1, 0.15) is 38.1 Å². The van der Waals surface area contributed by atoms with Crippen molar-refractivity contribution in [3.8, 4) is 0 Å². The molecule has 3 amide bonds. The van der Waals surface area contributed by atoms with E-state index in [2.05, 4.69) is 16.0 Å². The van der Waals surface area contributed by atoms with Crippen molar-refractivity contribution in [1.82, 2.24) is 0 Å². The maximum atomic E-state index is 13.2. The van der Waals surface area contributed by atoms with Crippen molar-refractivity contribution in [3.63, 3.8) is 0 Å². The summed E-state index contributed by atoms with van der Waals surface area (Å²) in [4.78, 5) is 52.2. The quantitative estimate of drug-likeness (QED) is 0.104. The molecule has 0 aliphatic rings. The zero-order chi connectivity index (χ0) is 30.1. The molecule has 1 unspecified atom stereocenters. The lowest BCUT2D eigenvalue weighted by molar-refractivity contribution is -0.115. The Morgan fingerprint density at radius 1 is 0.857 bits per heavy atom. The number of methoxy groups -OCH3 is 1. The van der Waals surface area contributed by atoms with E-state index >= 15 is 0 Å². The van der Waals surface area contributed by atoms with Crippen LogP contribution in [0.3, 0.4) is 0 Å². The zero-order valence-electron chi connectivity index (χ0n) is 23.2. The van der Waals surface area contributed by atoms with Gasteiger partial charge >= 0.3 is 5.97 Å². The first kappa shape index (κ1) is 30.3. The maximum Gasteiger partial charge on any atom is 0.341 e. The monoisotopic (exact) mass is 599 g/mol. The fourth-order valence-corrected chi connectivity index (χ4v) is 5.93. The van der Waals surface area contributed by atoms with Gasteiger partial charge in [0.05, 0.1) is 22.8 Å². The molecule has 10 heteroatoms. The van der Waals surface area contributed by atoms with Crippen molar-refractivity contribution in [2.75, 3.05) is 23.1 Å². The van der Waals surface area contributed by atoms with Crippen molar-refractivity contribution in [2.45, 2.75) is 24.0 Å². The van der Waals surface area contributed by atoms with Crippen LogP contribution in [0.5, 0.6) is 0 Å². The van der Waals surface area contributed by atoms with E-state index in [0.29, 0.717) is 21.8 Å². The second-order valence-electron chi connectivity index (χ2n) is 9.08. The molecule has 0 saturated carbocycles. The van der Waals surface area contributed by atoms with Gasteiger partial charge in [0, 0.05) is 22.3 Å². The molecule has 0 spiro atoms. The summed E-state index contributed by atoms with van der Waals surface area (Å²) < 4.78 is 4.93. The van der Waals surface area contributed by atoms with Crippen LogP contribution in [0.2, 0.25) is 0 Å². The molecule has 42 heavy (non-hydrogen) atoms. The first-order chi connectivity index (χ1) is 20.2. The lowest BCUT2D eigenvalue weighted by Gasteiger charge is -2.13. The van der Waals surface area contributed by atoms with Gasteiger partial charge in [-0.15, -0.1) is 23.1 Å². The largest absolute Gasteiger partial charge is 0.465 e. The van der Waals surface area contributed by atoms with Gasteiger partial charge in [-0.25, -0.2) is 4.79 Å². The number of carbonyl (C=O) groups excluding carboxylic acids is 4. The number of esters is 1. The van der Waals surface area contributed by atoms with Crippen LogP contribution >= 0.6 is 23.1 Å². The Hall–Kier alpha value is -4.67. The van der Waals surface area contributed by atoms with Gasteiger partial charge in [-0.3, -0.25) is 14.4 Å². The van der Waals surface area contributed by atoms with Crippen molar-refractivity contribution < 1.29 is 23.9 Å². The molecule has 0 aliphatic heterocycles. The zero-order valence-corrected chi connectivity index (χ0v) is 24.8. The lowest BCUT2D eigenvalue weighted by Crippen LogP contribution is -2.23. The smallest absolute Gasteiger partial charge is 0.341 e. The number of thioether (sulfide) groups is 1. The molecular weight excluding hydrogens is 571 g/mol. The Morgan fingerprint density at radius 3 is 2.21 bits per heavy atom. The third kappa shape index (κ3) is 7.96. The third-order valence-electron chi connectivity index (χ3n) is 6.02. The van der Waals surface area contributed by atoms with E-state index in [1.165, 1.54) is 24.9 Å². The molecule has 3 N–H and O–H groups in total. The molecule has 4 rings (SSSR count). The number of anilines is 3. The molecule has 1 atom stereocenters. The summed E-state index contributed by atoms with van der Waals surface area (Å²) in [5.41, 5.74) is 2.67. The average molecular weight is 600 g/mol. The van der Waals surface area contributed by atoms with Crippen molar-refractivity contribution in [2.24, 2.45) is 0 Å². The average Bonchev–Trinajstić information content (AvgIpc) is 3.32. The number of benzene rings is 3. The van der Waals surface area contributed by atoms with Gasteiger partial charge in [0.2, 0.25) is 11.8 Å². The molecule has 1 heterocycles. The molecule has 0 saturated heterocycles. The number of nitrogens with one attached hydrogen (secondary N) is 3. The van der Waals surface area contributed by atoms with Crippen LogP contribution in [0.15, 0.2) is 95.9 Å². The number of carbonyl (C=O) groups is 4. The number of para-hydroxylation sites is 1. The molecule has 1 aromatic heterocycles. The topological polar surface area (TPSA) is 114 Å². The number of thiophene rings is 1. The second-order valence-corrected chi connectivity index (χ2v) is 11.5. The van der Waals surface area contributed by atoms with E-state index in [0.717, 1.165) is 21.8 Å². The molecule has 0 aliphatic carbocycles. The fourth-order valence-electron chi connectivity index (χ4n) is 3.91. The van der Waals surface area contributed by atoms with Gasteiger partial charge in [0.15, 0.2) is 0 Å². The fraction of sp³-hybridized carbons (Fsp3) is 0.125. The van der Waals surface area contributed by atoms with Crippen molar-refractivity contribution >= 4 is 69.2 Å². The molecule has 0 bridgehead atoms. The molecular formula is C32H29N3O5S2. The minimum Gasteiger partial charge on any atom is -0.465 e. The summed E-state index contributed by atoms with van der Waals surface area (Å²) in [6.45, 7) is 3.38. The molecule has 3 aromatic carbocycles. The van der Waals surface area contributed by atoms with Crippen molar-refractivity contribution in [3.05, 3.63) is 113 Å². The van der Waals surface area contributed by atoms with Crippen LogP contribution in [-0.2, 0) is 14.3 Å². The number of ether oxygens (including phenoxy) is 1. The number of rotatable bonds is 10. The van der Waals surface area contributed by atoms with E-state index in [9.17, 15) is 19.2 Å². The third-order valence-corrected chi connectivity index (χ3v) is 8.32. The summed E-state index contributed by atoms with van der Waals surface area (Å²) in [6, 6.07) is 25.6. The van der Waals surface area contributed by atoms with E-state index in [1.54, 1.807) is 62.4 Å². The Labute approximate surface area is 252 Å². The molecule has 0 fully saturated rings. The van der Waals surface area contributed by atoms with Crippen LogP contribution in [0.25, 0.3) is 6.08 Å². The highest BCUT2D eigenvalue weighted by molar-refractivity contribution is 8.00. The minimum atomic E-state index is -0.650. The van der Waals surface area contributed by atoms with Gasteiger partial charge in [0.25, 0.3) is 5.91 Å². The Bertz CT molecular complexity index is 1620. The van der Waals surface area contributed by atoms with Crippen molar-refractivity contribution in [1.29, 1.82) is 0 Å². The first-order valence-electron chi connectivity index (χ1n) is 12.9. The van der Waals surface area contributed by atoms with Crippen LogP contribution in [-0.4, -0.2) is 36.1 Å². The van der Waals surface area contributed by atoms with Gasteiger partial charge < -0.3 is 20.7 Å². The summed E-state index contributed by atoms with van der Waals surface area (Å²) in [7, 11) is 1.25. The summed E-state index contributed by atoms with van der Waals surface area (Å²) in [6.07, 6.45) is 3.19. The van der Waals surface area contributed by atoms with E-state index in [4.69, 9.17) is 4.74 Å². The SMILES string of the molecule is COC(=O)c1c(NC(=O)C(C)Sc2cccc(NC(=O)/C=C/c3ccccc3)c2)sc(C(=O)Nc2ccccc2)c1C. The minimum absolute atomic E-state index is 0.138. The van der Waals surface area contributed by atoms with E-state index < -0.39 is 17.1 Å². The highest BCUT2D eigenvalue weighted by Gasteiger charge is 2.27. The maximum absolute atomic E-state index is 13.2. The number of hydrogen-bond donors (Lipinski definition) is 3. The Morgan fingerprint density at radius 2 is 1.52 bits per heavy atom. The molecule has 214 valence electrons. The predicted octanol–water partition coefficient (Wildman–Crippen LogP) is 6.87. The van der Waals surface area contributed by atoms with Gasteiger partial charge in [-0.2, -0.15) is 0 Å². The lowest BCUT2D eigenvalue weighted by atomic mass is 10.1. The number of amides is 3. The van der Waals surface area contributed by atoms with E-state index in [-0.39, 0.29) is 22.4 Å². The summed E-state index contributed by atoms with van der Waals surface area (Å²) in [5, 5.41) is 8.11. The summed E-state index contributed by atoms with van der Waals surface area (Å²) >= 11 is 2.30. The normalized spacial score (nSPS) is 11.5. The van der Waals surface area contributed by atoms with Gasteiger partial charge in [-0.1, -0.05) is 54.6 Å². The molecule has 8 nitrogen and oxygen atoms in total. The van der Waals surface area contributed by atoms with Gasteiger partial charge in [-0.05, 0) is 61.4 Å².